The molecule has 1 aromatic rings. The summed E-state index contributed by atoms with van der Waals surface area (Å²) in [5.41, 5.74) is 7.21. The van der Waals surface area contributed by atoms with Gasteiger partial charge in [0, 0.05) is 10.9 Å². The van der Waals surface area contributed by atoms with Gasteiger partial charge in [0.1, 0.15) is 17.4 Å². The van der Waals surface area contributed by atoms with Crippen LogP contribution in [0.2, 0.25) is 0 Å². The second kappa shape index (κ2) is 7.34. The Balaban J connectivity index is 2.66. The fraction of sp³-hybridized carbons (Fsp3) is 0.294. The molecule has 1 heterocycles. The number of carbonyl (C=O) groups excluding carboxylic acids is 1. The van der Waals surface area contributed by atoms with Gasteiger partial charge in [-0.05, 0) is 24.6 Å². The average Bonchev–Trinajstić information content (AvgIpc) is 2.53. The number of esters is 1. The minimum absolute atomic E-state index is 0.0300. The van der Waals surface area contributed by atoms with E-state index in [4.69, 9.17) is 15.2 Å². The van der Waals surface area contributed by atoms with Crippen LogP contribution in [0.5, 0.6) is 0 Å². The Kier molecular flexibility index (Phi) is 5.45. The second-order valence-electron chi connectivity index (χ2n) is 4.89. The SMILES string of the molecule is CCOC(=O)C1=C(CC)OC(N)=C(C#N)[C@@H]1c1cccc(Br)c1. The van der Waals surface area contributed by atoms with Crippen molar-refractivity contribution in [2.75, 3.05) is 6.61 Å². The highest BCUT2D eigenvalue weighted by molar-refractivity contribution is 9.10. The van der Waals surface area contributed by atoms with Gasteiger partial charge in [0.2, 0.25) is 5.88 Å². The Hall–Kier alpha value is -2.26. The maximum atomic E-state index is 12.5. The molecule has 0 fully saturated rings. The van der Waals surface area contributed by atoms with Crippen LogP contribution in [0.25, 0.3) is 0 Å². The fourth-order valence-corrected chi connectivity index (χ4v) is 2.95. The van der Waals surface area contributed by atoms with Gasteiger partial charge < -0.3 is 15.2 Å². The van der Waals surface area contributed by atoms with E-state index < -0.39 is 11.9 Å². The molecule has 1 aliphatic rings. The van der Waals surface area contributed by atoms with Gasteiger partial charge in [-0.2, -0.15) is 5.26 Å². The summed E-state index contributed by atoms with van der Waals surface area (Å²) in [4.78, 5) is 12.5. The van der Waals surface area contributed by atoms with Crippen molar-refractivity contribution in [1.29, 1.82) is 5.26 Å². The summed E-state index contributed by atoms with van der Waals surface area (Å²) >= 11 is 3.41. The van der Waals surface area contributed by atoms with Gasteiger partial charge in [-0.25, -0.2) is 4.79 Å². The molecule has 0 aliphatic carbocycles. The first-order valence-electron chi connectivity index (χ1n) is 7.26. The van der Waals surface area contributed by atoms with Crippen molar-refractivity contribution >= 4 is 21.9 Å². The van der Waals surface area contributed by atoms with Gasteiger partial charge >= 0.3 is 5.97 Å². The summed E-state index contributed by atoms with van der Waals surface area (Å²) in [6, 6.07) is 9.48. The lowest BCUT2D eigenvalue weighted by molar-refractivity contribution is -0.139. The standard InChI is InChI=1S/C17H17BrN2O3/c1-3-13-15(17(21)22-4-2)14(12(9-19)16(20)23-13)10-6-5-7-11(18)8-10/h5-8,14H,3-4,20H2,1-2H3/t14-/m0/s1. The highest BCUT2D eigenvalue weighted by Gasteiger charge is 2.37. The largest absolute Gasteiger partial charge is 0.463 e. The third kappa shape index (κ3) is 3.40. The number of ether oxygens (including phenoxy) is 2. The Morgan fingerprint density at radius 3 is 2.78 bits per heavy atom. The van der Waals surface area contributed by atoms with Crippen molar-refractivity contribution in [2.45, 2.75) is 26.2 Å². The summed E-state index contributed by atoms with van der Waals surface area (Å²) in [6.07, 6.45) is 0.470. The Morgan fingerprint density at radius 2 is 2.22 bits per heavy atom. The van der Waals surface area contributed by atoms with Crippen molar-refractivity contribution in [3.8, 4) is 6.07 Å². The van der Waals surface area contributed by atoms with Crippen LogP contribution < -0.4 is 5.73 Å². The van der Waals surface area contributed by atoms with E-state index in [1.54, 1.807) is 6.92 Å². The van der Waals surface area contributed by atoms with E-state index in [0.717, 1.165) is 10.0 Å². The summed E-state index contributed by atoms with van der Waals surface area (Å²) < 4.78 is 11.5. The molecule has 0 aromatic heterocycles. The van der Waals surface area contributed by atoms with Crippen LogP contribution in [0.4, 0.5) is 0 Å². The molecular weight excluding hydrogens is 360 g/mol. The Labute approximate surface area is 143 Å². The van der Waals surface area contributed by atoms with Crippen molar-refractivity contribution in [2.24, 2.45) is 5.73 Å². The molecule has 0 unspecified atom stereocenters. The maximum absolute atomic E-state index is 12.5. The molecular formula is C17H17BrN2O3. The fourth-order valence-electron chi connectivity index (χ4n) is 2.53. The van der Waals surface area contributed by atoms with Gasteiger partial charge in [-0.15, -0.1) is 0 Å². The minimum Gasteiger partial charge on any atom is -0.463 e. The number of benzene rings is 1. The smallest absolute Gasteiger partial charge is 0.338 e. The summed E-state index contributed by atoms with van der Waals surface area (Å²) in [5, 5.41) is 9.50. The Bertz CT molecular complexity index is 732. The lowest BCUT2D eigenvalue weighted by Crippen LogP contribution is -2.26. The molecule has 0 bridgehead atoms. The highest BCUT2D eigenvalue weighted by Crippen LogP contribution is 2.40. The molecule has 0 radical (unpaired) electrons. The van der Waals surface area contributed by atoms with Crippen LogP contribution in [0, 0.1) is 11.3 Å². The monoisotopic (exact) mass is 376 g/mol. The number of allylic oxidation sites excluding steroid dienone is 2. The molecule has 23 heavy (non-hydrogen) atoms. The number of rotatable bonds is 4. The van der Waals surface area contributed by atoms with Crippen molar-refractivity contribution in [3.05, 3.63) is 57.1 Å². The number of nitrogens with two attached hydrogens (primary N) is 1. The molecule has 1 aliphatic heterocycles. The number of hydrogen-bond donors (Lipinski definition) is 1. The van der Waals surface area contributed by atoms with E-state index in [-0.39, 0.29) is 18.1 Å². The first-order valence-corrected chi connectivity index (χ1v) is 8.05. The Morgan fingerprint density at radius 1 is 1.48 bits per heavy atom. The molecule has 0 saturated carbocycles. The van der Waals surface area contributed by atoms with Crippen LogP contribution in [-0.2, 0) is 14.3 Å². The van der Waals surface area contributed by atoms with Gasteiger partial charge in [0.15, 0.2) is 0 Å². The predicted octanol–water partition coefficient (Wildman–Crippen LogP) is 3.48. The maximum Gasteiger partial charge on any atom is 0.338 e. The molecule has 120 valence electrons. The van der Waals surface area contributed by atoms with Crippen molar-refractivity contribution in [3.63, 3.8) is 0 Å². The summed E-state index contributed by atoms with van der Waals surface area (Å²) in [6.45, 7) is 3.83. The van der Waals surface area contributed by atoms with Gasteiger partial charge in [-0.3, -0.25) is 0 Å². The highest BCUT2D eigenvalue weighted by atomic mass is 79.9. The molecule has 2 N–H and O–H groups in total. The van der Waals surface area contributed by atoms with E-state index in [1.165, 1.54) is 0 Å². The summed E-state index contributed by atoms with van der Waals surface area (Å²) in [5.74, 6) is -0.623. The molecule has 5 nitrogen and oxygen atoms in total. The number of carbonyl (C=O) groups is 1. The minimum atomic E-state index is -0.597. The number of halogens is 1. The van der Waals surface area contributed by atoms with Gasteiger partial charge in [0.25, 0.3) is 0 Å². The zero-order valence-corrected chi connectivity index (χ0v) is 14.5. The molecule has 0 amide bonds. The molecule has 2 rings (SSSR count). The average molecular weight is 377 g/mol. The first-order chi connectivity index (χ1) is 11.0. The number of nitrogens with zero attached hydrogens (tertiary/aromatic N) is 1. The number of hydrogen-bond acceptors (Lipinski definition) is 5. The quantitative estimate of drug-likeness (QED) is 0.812. The summed E-state index contributed by atoms with van der Waals surface area (Å²) in [7, 11) is 0. The van der Waals surface area contributed by atoms with Crippen LogP contribution in [0.1, 0.15) is 31.7 Å². The third-order valence-electron chi connectivity index (χ3n) is 3.50. The van der Waals surface area contributed by atoms with Crippen LogP contribution in [0.3, 0.4) is 0 Å². The molecule has 1 atom stereocenters. The van der Waals surface area contributed by atoms with Crippen LogP contribution >= 0.6 is 15.9 Å². The zero-order chi connectivity index (χ0) is 17.0. The third-order valence-corrected chi connectivity index (χ3v) is 3.99. The molecule has 1 aromatic carbocycles. The predicted molar refractivity (Wildman–Crippen MR) is 88.7 cm³/mol. The topological polar surface area (TPSA) is 85.3 Å². The molecule has 0 spiro atoms. The lowest BCUT2D eigenvalue weighted by Gasteiger charge is -2.27. The van der Waals surface area contributed by atoms with Crippen molar-refractivity contribution < 1.29 is 14.3 Å². The van der Waals surface area contributed by atoms with Gasteiger partial charge in [-0.1, -0.05) is 35.0 Å². The lowest BCUT2D eigenvalue weighted by atomic mass is 9.82. The number of nitriles is 1. The first kappa shape index (κ1) is 17.1. The van der Waals surface area contributed by atoms with E-state index in [1.807, 2.05) is 31.2 Å². The van der Waals surface area contributed by atoms with E-state index >= 15 is 0 Å². The van der Waals surface area contributed by atoms with Crippen LogP contribution in [-0.4, -0.2) is 12.6 Å². The zero-order valence-electron chi connectivity index (χ0n) is 12.9. The molecule has 0 saturated heterocycles. The van der Waals surface area contributed by atoms with E-state index in [2.05, 4.69) is 22.0 Å². The normalized spacial score (nSPS) is 17.6. The van der Waals surface area contributed by atoms with Crippen LogP contribution in [0.15, 0.2) is 51.5 Å². The molecule has 6 heteroatoms. The van der Waals surface area contributed by atoms with E-state index in [0.29, 0.717) is 17.8 Å². The van der Waals surface area contributed by atoms with Crippen molar-refractivity contribution in [1.82, 2.24) is 0 Å². The van der Waals surface area contributed by atoms with Gasteiger partial charge in [0.05, 0.1) is 18.1 Å². The van der Waals surface area contributed by atoms with E-state index in [9.17, 15) is 10.1 Å². The second-order valence-corrected chi connectivity index (χ2v) is 5.81.